The smallest absolute Gasteiger partial charge is 0.211 e. The third-order valence-corrected chi connectivity index (χ3v) is 1.59. The minimum Gasteiger partial charge on any atom is -0.507 e. The molecule has 0 radical (unpaired) electrons. The number of carbonyl (C=O) groups excluding carboxylic acids is 1. The predicted molar refractivity (Wildman–Crippen MR) is 47.5 cm³/mol. The zero-order chi connectivity index (χ0) is 9.84. The molecule has 2 N–H and O–H groups in total. The van der Waals surface area contributed by atoms with Crippen LogP contribution in [0.4, 0.5) is 0 Å². The van der Waals surface area contributed by atoms with Gasteiger partial charge in [-0.2, -0.15) is 0 Å². The number of hydrogen-bond donors (Lipinski definition) is 2. The fourth-order valence-electron chi connectivity index (χ4n) is 0.972. The lowest BCUT2D eigenvalue weighted by Crippen LogP contribution is -2.00. The van der Waals surface area contributed by atoms with Crippen molar-refractivity contribution in [1.82, 2.24) is 0 Å². The Morgan fingerprint density at radius 3 is 2.77 bits per heavy atom. The summed E-state index contributed by atoms with van der Waals surface area (Å²) in [4.78, 5) is 11.1. The van der Waals surface area contributed by atoms with Gasteiger partial charge in [-0.25, -0.2) is 0 Å². The van der Waals surface area contributed by atoms with E-state index in [1.165, 1.54) is 12.1 Å². The normalized spacial score (nSPS) is 10.5. The second-order valence-corrected chi connectivity index (χ2v) is 2.63. The average Bonchev–Trinajstić information content (AvgIpc) is 2.04. The Morgan fingerprint density at radius 2 is 2.23 bits per heavy atom. The van der Waals surface area contributed by atoms with E-state index < -0.39 is 5.78 Å². The van der Waals surface area contributed by atoms with Gasteiger partial charge < -0.3 is 10.3 Å². The first-order valence-electron chi connectivity index (χ1n) is 3.66. The van der Waals surface area contributed by atoms with Crippen molar-refractivity contribution in [3.63, 3.8) is 0 Å². The van der Waals surface area contributed by atoms with Gasteiger partial charge >= 0.3 is 0 Å². The van der Waals surface area contributed by atoms with E-state index in [1.54, 1.807) is 13.0 Å². The van der Waals surface area contributed by atoms with E-state index in [4.69, 9.17) is 5.21 Å². The summed E-state index contributed by atoms with van der Waals surface area (Å²) in [6.45, 7) is 1.80. The quantitative estimate of drug-likeness (QED) is 0.311. The highest BCUT2D eigenvalue weighted by atomic mass is 16.4. The highest BCUT2D eigenvalue weighted by Crippen LogP contribution is 2.18. The van der Waals surface area contributed by atoms with E-state index in [9.17, 15) is 9.90 Å². The molecule has 1 rings (SSSR count). The molecule has 0 aromatic heterocycles. The van der Waals surface area contributed by atoms with Crippen LogP contribution >= 0.6 is 0 Å². The van der Waals surface area contributed by atoms with Crippen LogP contribution in [0.3, 0.4) is 0 Å². The van der Waals surface area contributed by atoms with Crippen LogP contribution < -0.4 is 0 Å². The minimum absolute atomic E-state index is 0.107. The molecule has 68 valence electrons. The second-order valence-electron chi connectivity index (χ2n) is 2.63. The highest BCUT2D eigenvalue weighted by Gasteiger charge is 2.08. The average molecular weight is 179 g/mol. The van der Waals surface area contributed by atoms with Crippen LogP contribution in [0.5, 0.6) is 5.75 Å². The molecule has 4 nitrogen and oxygen atoms in total. The first kappa shape index (κ1) is 9.25. The number of carbonyl (C=O) groups is 1. The van der Waals surface area contributed by atoms with Crippen LogP contribution in [0.25, 0.3) is 0 Å². The number of phenolic OH excluding ortho intramolecular Hbond substituents is 1. The lowest BCUT2D eigenvalue weighted by Gasteiger charge is -2.00. The third kappa shape index (κ3) is 2.05. The summed E-state index contributed by atoms with van der Waals surface area (Å²) in [7, 11) is 0. The topological polar surface area (TPSA) is 69.9 Å². The Balaban J connectivity index is 3.09. The fourth-order valence-corrected chi connectivity index (χ4v) is 0.972. The number of ketones is 1. The lowest BCUT2D eigenvalue weighted by molar-refractivity contribution is 0.106. The Morgan fingerprint density at radius 1 is 1.54 bits per heavy atom. The molecule has 0 aliphatic heterocycles. The van der Waals surface area contributed by atoms with Crippen LogP contribution in [0, 0.1) is 6.92 Å². The fraction of sp³-hybridized carbons (Fsp3) is 0.111. The molecule has 0 amide bonds. The molecule has 0 bridgehead atoms. The van der Waals surface area contributed by atoms with Gasteiger partial charge in [0, 0.05) is 0 Å². The van der Waals surface area contributed by atoms with E-state index in [1.807, 2.05) is 0 Å². The Labute approximate surface area is 75.1 Å². The summed E-state index contributed by atoms with van der Waals surface area (Å²) in [5, 5.41) is 20.0. The molecule has 1 aromatic carbocycles. The number of Topliss-reactive ketones (excluding diaryl/α,β-unsaturated/α-hetero) is 1. The number of aromatic hydroxyl groups is 1. The molecule has 0 aliphatic carbocycles. The molecule has 0 aliphatic rings. The number of benzene rings is 1. The summed E-state index contributed by atoms with van der Waals surface area (Å²) >= 11 is 0. The van der Waals surface area contributed by atoms with Gasteiger partial charge in [-0.3, -0.25) is 4.79 Å². The van der Waals surface area contributed by atoms with Gasteiger partial charge in [0.05, 0.1) is 5.56 Å². The SMILES string of the molecule is Cc1ccc(C(=O)/C=N/O)c(O)c1. The van der Waals surface area contributed by atoms with Crippen LogP contribution in [-0.2, 0) is 0 Å². The van der Waals surface area contributed by atoms with Crippen molar-refractivity contribution in [2.45, 2.75) is 6.92 Å². The Kier molecular flexibility index (Phi) is 2.64. The molecule has 1 aromatic rings. The van der Waals surface area contributed by atoms with Crippen LogP contribution in [0.2, 0.25) is 0 Å². The van der Waals surface area contributed by atoms with E-state index >= 15 is 0 Å². The molecular formula is C9H9NO3. The Bertz CT molecular complexity index is 358. The van der Waals surface area contributed by atoms with E-state index in [0.29, 0.717) is 0 Å². The summed E-state index contributed by atoms with van der Waals surface area (Å²) < 4.78 is 0. The summed E-state index contributed by atoms with van der Waals surface area (Å²) in [5.41, 5.74) is 0.985. The van der Waals surface area contributed by atoms with E-state index in [0.717, 1.165) is 11.8 Å². The van der Waals surface area contributed by atoms with Crippen LogP contribution in [-0.4, -0.2) is 22.3 Å². The molecule has 0 fully saturated rings. The summed E-state index contributed by atoms with van der Waals surface area (Å²) in [5.74, 6) is -0.634. The van der Waals surface area contributed by atoms with Crippen molar-refractivity contribution in [3.05, 3.63) is 29.3 Å². The number of hydrogen-bond acceptors (Lipinski definition) is 4. The van der Waals surface area contributed by atoms with Gasteiger partial charge in [0.15, 0.2) is 0 Å². The van der Waals surface area contributed by atoms with Crippen molar-refractivity contribution < 1.29 is 15.1 Å². The molecule has 0 heterocycles. The van der Waals surface area contributed by atoms with Crippen molar-refractivity contribution in [2.24, 2.45) is 5.16 Å². The van der Waals surface area contributed by atoms with Crippen LogP contribution in [0.1, 0.15) is 15.9 Å². The molecule has 0 unspecified atom stereocenters. The second kappa shape index (κ2) is 3.71. The molecule has 4 heteroatoms. The molecule has 0 spiro atoms. The molecule has 0 atom stereocenters. The first-order valence-corrected chi connectivity index (χ1v) is 3.66. The summed E-state index contributed by atoms with van der Waals surface area (Å²) in [6.07, 6.45) is 0.740. The first-order chi connectivity index (χ1) is 6.15. The molecule has 13 heavy (non-hydrogen) atoms. The van der Waals surface area contributed by atoms with Crippen LogP contribution in [0.15, 0.2) is 23.4 Å². The van der Waals surface area contributed by atoms with Gasteiger partial charge in [0.2, 0.25) is 5.78 Å². The number of rotatable bonds is 2. The Hall–Kier alpha value is -1.84. The maximum absolute atomic E-state index is 11.1. The number of oxime groups is 1. The highest BCUT2D eigenvalue weighted by molar-refractivity contribution is 6.35. The van der Waals surface area contributed by atoms with Crippen molar-refractivity contribution in [1.29, 1.82) is 0 Å². The summed E-state index contributed by atoms with van der Waals surface area (Å²) in [6, 6.07) is 4.64. The van der Waals surface area contributed by atoms with E-state index in [2.05, 4.69) is 5.16 Å². The van der Waals surface area contributed by atoms with Gasteiger partial charge in [-0.1, -0.05) is 11.2 Å². The minimum atomic E-state index is -0.528. The number of phenols is 1. The largest absolute Gasteiger partial charge is 0.507 e. The van der Waals surface area contributed by atoms with Crippen molar-refractivity contribution in [2.75, 3.05) is 0 Å². The van der Waals surface area contributed by atoms with Crippen molar-refractivity contribution in [3.8, 4) is 5.75 Å². The number of aryl methyl sites for hydroxylation is 1. The van der Waals surface area contributed by atoms with E-state index in [-0.39, 0.29) is 11.3 Å². The van der Waals surface area contributed by atoms with Gasteiger partial charge in [0.25, 0.3) is 0 Å². The molecular weight excluding hydrogens is 170 g/mol. The maximum atomic E-state index is 11.1. The van der Waals surface area contributed by atoms with Gasteiger partial charge in [-0.15, -0.1) is 0 Å². The van der Waals surface area contributed by atoms with Gasteiger partial charge in [0.1, 0.15) is 12.0 Å². The number of nitrogens with zero attached hydrogens (tertiary/aromatic N) is 1. The molecule has 0 saturated heterocycles. The maximum Gasteiger partial charge on any atom is 0.211 e. The van der Waals surface area contributed by atoms with Crippen molar-refractivity contribution >= 4 is 12.0 Å². The lowest BCUT2D eigenvalue weighted by atomic mass is 10.1. The zero-order valence-corrected chi connectivity index (χ0v) is 7.06. The predicted octanol–water partition coefficient (Wildman–Crippen LogP) is 1.34. The standard InChI is InChI=1S/C9H9NO3/c1-6-2-3-7(8(11)4-6)9(12)5-10-13/h2-5,11,13H,1H3/b10-5+. The monoisotopic (exact) mass is 179 g/mol. The van der Waals surface area contributed by atoms with Gasteiger partial charge in [-0.05, 0) is 24.6 Å². The third-order valence-electron chi connectivity index (χ3n) is 1.59. The zero-order valence-electron chi connectivity index (χ0n) is 7.06. The molecule has 0 saturated carbocycles.